The van der Waals surface area contributed by atoms with E-state index in [1.807, 2.05) is 30.3 Å². The fourth-order valence-corrected chi connectivity index (χ4v) is 5.88. The number of pyridine rings is 1. The number of methoxy groups -OCH3 is 1. The lowest BCUT2D eigenvalue weighted by atomic mass is 9.84. The molecule has 0 bridgehead atoms. The number of rotatable bonds is 4. The van der Waals surface area contributed by atoms with Crippen molar-refractivity contribution < 1.29 is 14.2 Å². The zero-order valence-electron chi connectivity index (χ0n) is 19.9. The van der Waals surface area contributed by atoms with Crippen LogP contribution in [0.2, 0.25) is 5.02 Å². The highest BCUT2D eigenvalue weighted by atomic mass is 35.5. The van der Waals surface area contributed by atoms with Gasteiger partial charge in [0.2, 0.25) is 5.88 Å². The summed E-state index contributed by atoms with van der Waals surface area (Å²) >= 11 is 6.19. The first-order chi connectivity index (χ1) is 17.1. The van der Waals surface area contributed by atoms with Crippen molar-refractivity contribution in [3.05, 3.63) is 88.1 Å². The third-order valence-corrected chi connectivity index (χ3v) is 7.80. The second kappa shape index (κ2) is 9.30. The molecule has 1 spiro atoms. The van der Waals surface area contributed by atoms with E-state index in [2.05, 4.69) is 34.2 Å². The van der Waals surface area contributed by atoms with Gasteiger partial charge in [-0.1, -0.05) is 29.8 Å². The number of ether oxygens (including phenoxy) is 3. The lowest BCUT2D eigenvalue weighted by Crippen LogP contribution is -2.42. The van der Waals surface area contributed by atoms with Crippen molar-refractivity contribution in [1.82, 2.24) is 9.88 Å². The molecule has 0 atom stereocenters. The number of hydrogen-bond acceptors (Lipinski definition) is 5. The predicted octanol–water partition coefficient (Wildman–Crippen LogP) is 6.39. The standard InChI is InChI=1S/C29H29ClN2O3/c1-33-26-7-2-8-27-24(26)18-20(23-6-3-13-31-28(23)35-27)5-4-14-32-15-11-29(12-16-32)25-10-9-22(30)17-21(25)19-34-29/h2-3,5-10,13,17H,4,11-12,14-16,18-19H2,1H3/b20-5-. The highest BCUT2D eigenvalue weighted by molar-refractivity contribution is 6.30. The van der Waals surface area contributed by atoms with E-state index in [0.717, 1.165) is 73.0 Å². The Bertz CT molecular complexity index is 1280. The van der Waals surface area contributed by atoms with Crippen LogP contribution >= 0.6 is 11.6 Å². The van der Waals surface area contributed by atoms with Gasteiger partial charge in [0.05, 0.1) is 19.3 Å². The van der Waals surface area contributed by atoms with Crippen LogP contribution in [-0.2, 0) is 23.4 Å². The lowest BCUT2D eigenvalue weighted by Gasteiger charge is -2.39. The van der Waals surface area contributed by atoms with Crippen LogP contribution < -0.4 is 9.47 Å². The highest BCUT2D eigenvalue weighted by Gasteiger charge is 2.42. The molecule has 1 fully saturated rings. The first-order valence-corrected chi connectivity index (χ1v) is 12.7. The molecule has 2 aromatic carbocycles. The molecule has 180 valence electrons. The van der Waals surface area contributed by atoms with Crippen LogP contribution in [0.15, 0.2) is 60.8 Å². The summed E-state index contributed by atoms with van der Waals surface area (Å²) in [6.45, 7) is 3.75. The SMILES string of the molecule is COc1cccc2c1C/C(=C/CCN1CCC3(CC1)OCc1cc(Cl)ccc13)c1cccnc1O2. The van der Waals surface area contributed by atoms with Gasteiger partial charge < -0.3 is 19.1 Å². The fraction of sp³-hybridized carbons (Fsp3) is 0.345. The van der Waals surface area contributed by atoms with Crippen LogP contribution in [0.1, 0.15) is 41.5 Å². The number of benzene rings is 2. The second-order valence-corrected chi connectivity index (χ2v) is 9.95. The van der Waals surface area contributed by atoms with Crippen molar-refractivity contribution in [1.29, 1.82) is 0 Å². The van der Waals surface area contributed by atoms with E-state index in [4.69, 9.17) is 25.8 Å². The zero-order valence-corrected chi connectivity index (χ0v) is 20.7. The molecule has 0 amide bonds. The number of hydrogen-bond donors (Lipinski definition) is 0. The van der Waals surface area contributed by atoms with Crippen molar-refractivity contribution in [2.24, 2.45) is 0 Å². The van der Waals surface area contributed by atoms with E-state index >= 15 is 0 Å². The van der Waals surface area contributed by atoms with Gasteiger partial charge in [-0.05, 0) is 72.4 Å². The summed E-state index contributed by atoms with van der Waals surface area (Å²) in [5.41, 5.74) is 5.79. The Balaban J connectivity index is 1.16. The maximum absolute atomic E-state index is 6.33. The van der Waals surface area contributed by atoms with Gasteiger partial charge in [-0.25, -0.2) is 4.98 Å². The Morgan fingerprint density at radius 1 is 1.14 bits per heavy atom. The van der Waals surface area contributed by atoms with Crippen molar-refractivity contribution in [3.8, 4) is 17.4 Å². The van der Waals surface area contributed by atoms with Gasteiger partial charge in [0, 0.05) is 48.4 Å². The molecule has 5 nitrogen and oxygen atoms in total. The summed E-state index contributed by atoms with van der Waals surface area (Å²) in [7, 11) is 1.71. The Morgan fingerprint density at radius 2 is 2.03 bits per heavy atom. The summed E-state index contributed by atoms with van der Waals surface area (Å²) < 4.78 is 18.2. The molecule has 0 radical (unpaired) electrons. The molecular weight excluding hydrogens is 460 g/mol. The number of halogens is 1. The van der Waals surface area contributed by atoms with Crippen molar-refractivity contribution in [2.75, 3.05) is 26.7 Å². The van der Waals surface area contributed by atoms with Gasteiger partial charge in [-0.15, -0.1) is 0 Å². The maximum atomic E-state index is 6.33. The van der Waals surface area contributed by atoms with Crippen LogP contribution in [0.5, 0.6) is 17.4 Å². The van der Waals surface area contributed by atoms with Gasteiger partial charge in [0.1, 0.15) is 11.5 Å². The topological polar surface area (TPSA) is 43.8 Å². The first-order valence-electron chi connectivity index (χ1n) is 12.3. The molecule has 0 N–H and O–H groups in total. The molecule has 0 unspecified atom stereocenters. The maximum Gasteiger partial charge on any atom is 0.226 e. The minimum Gasteiger partial charge on any atom is -0.496 e. The van der Waals surface area contributed by atoms with E-state index in [-0.39, 0.29) is 5.60 Å². The third kappa shape index (κ3) is 4.22. The summed E-state index contributed by atoms with van der Waals surface area (Å²) in [6, 6.07) is 16.2. The van der Waals surface area contributed by atoms with E-state index < -0.39 is 0 Å². The third-order valence-electron chi connectivity index (χ3n) is 7.56. The van der Waals surface area contributed by atoms with E-state index in [0.29, 0.717) is 12.5 Å². The molecule has 0 aliphatic carbocycles. The number of nitrogens with zero attached hydrogens (tertiary/aromatic N) is 2. The Hall–Kier alpha value is -2.86. The molecular formula is C29H29ClN2O3. The molecule has 3 aliphatic heterocycles. The molecule has 6 heteroatoms. The van der Waals surface area contributed by atoms with Crippen LogP contribution in [0, 0.1) is 0 Å². The van der Waals surface area contributed by atoms with Crippen LogP contribution in [-0.4, -0.2) is 36.6 Å². The van der Waals surface area contributed by atoms with E-state index in [9.17, 15) is 0 Å². The molecule has 1 saturated heterocycles. The minimum atomic E-state index is -0.140. The van der Waals surface area contributed by atoms with Crippen LogP contribution in [0.3, 0.4) is 0 Å². The average molecular weight is 489 g/mol. The number of fused-ring (bicyclic) bond motifs is 4. The molecule has 0 saturated carbocycles. The number of allylic oxidation sites excluding steroid dienone is 1. The smallest absolute Gasteiger partial charge is 0.226 e. The van der Waals surface area contributed by atoms with Crippen LogP contribution in [0.25, 0.3) is 5.57 Å². The summed E-state index contributed by atoms with van der Waals surface area (Å²) in [4.78, 5) is 7.06. The van der Waals surface area contributed by atoms with Gasteiger partial charge in [0.25, 0.3) is 0 Å². The Labute approximate surface area is 211 Å². The monoisotopic (exact) mass is 488 g/mol. The average Bonchev–Trinajstić information content (AvgIpc) is 3.13. The van der Waals surface area contributed by atoms with E-state index in [1.165, 1.54) is 16.7 Å². The lowest BCUT2D eigenvalue weighted by molar-refractivity contribution is -0.0785. The van der Waals surface area contributed by atoms with Gasteiger partial charge in [-0.3, -0.25) is 0 Å². The summed E-state index contributed by atoms with van der Waals surface area (Å²) in [5, 5.41) is 0.788. The Kier molecular flexibility index (Phi) is 6.01. The Morgan fingerprint density at radius 3 is 2.89 bits per heavy atom. The second-order valence-electron chi connectivity index (χ2n) is 9.52. The molecule has 4 heterocycles. The van der Waals surface area contributed by atoms with Crippen LogP contribution in [0.4, 0.5) is 0 Å². The van der Waals surface area contributed by atoms with Crippen molar-refractivity contribution in [2.45, 2.75) is 37.9 Å². The van der Waals surface area contributed by atoms with Gasteiger partial charge in [0.15, 0.2) is 0 Å². The molecule has 35 heavy (non-hydrogen) atoms. The quantitative estimate of drug-likeness (QED) is 0.426. The largest absolute Gasteiger partial charge is 0.496 e. The fourth-order valence-electron chi connectivity index (χ4n) is 5.69. The molecule has 1 aromatic heterocycles. The summed E-state index contributed by atoms with van der Waals surface area (Å²) in [5.74, 6) is 2.32. The summed E-state index contributed by atoms with van der Waals surface area (Å²) in [6.07, 6.45) is 7.89. The van der Waals surface area contributed by atoms with Gasteiger partial charge in [-0.2, -0.15) is 0 Å². The number of aromatic nitrogens is 1. The van der Waals surface area contributed by atoms with E-state index in [1.54, 1.807) is 13.3 Å². The number of piperidine rings is 1. The first kappa shape index (κ1) is 22.6. The molecule has 3 aliphatic rings. The highest BCUT2D eigenvalue weighted by Crippen LogP contribution is 2.45. The zero-order chi connectivity index (χ0) is 23.8. The van der Waals surface area contributed by atoms with Gasteiger partial charge >= 0.3 is 0 Å². The normalized spacial score (nSPS) is 19.5. The van der Waals surface area contributed by atoms with Crippen molar-refractivity contribution >= 4 is 17.2 Å². The molecule has 3 aromatic rings. The predicted molar refractivity (Wildman–Crippen MR) is 137 cm³/mol. The minimum absolute atomic E-state index is 0.140. The number of likely N-dealkylation sites (tertiary alicyclic amines) is 1. The van der Waals surface area contributed by atoms with Crippen molar-refractivity contribution in [3.63, 3.8) is 0 Å². The molecule has 6 rings (SSSR count).